The molecule has 0 saturated carbocycles. The molecule has 0 aliphatic carbocycles. The van der Waals surface area contributed by atoms with Gasteiger partial charge in [-0.25, -0.2) is 4.79 Å². The topological polar surface area (TPSA) is 69.6 Å². The maximum absolute atomic E-state index is 11.5. The number of nitrogens with zero attached hydrogens (tertiary/aromatic N) is 1. The van der Waals surface area contributed by atoms with Crippen LogP contribution < -0.4 is 5.32 Å². The van der Waals surface area contributed by atoms with Crippen LogP contribution in [0, 0.1) is 0 Å². The van der Waals surface area contributed by atoms with Crippen molar-refractivity contribution in [3.05, 3.63) is 0 Å². The molecule has 0 bridgehead atoms. The number of carboxylic acids is 1. The molecule has 88 valence electrons. The fourth-order valence-electron chi connectivity index (χ4n) is 0.985. The Hall–Kier alpha value is -1.26. The summed E-state index contributed by atoms with van der Waals surface area (Å²) in [5.41, 5.74) is -0.266. The van der Waals surface area contributed by atoms with E-state index in [9.17, 15) is 9.59 Å². The number of hydrogen-bond acceptors (Lipinski definition) is 2. The molecule has 0 fully saturated rings. The quantitative estimate of drug-likeness (QED) is 0.744. The zero-order valence-corrected chi connectivity index (χ0v) is 9.83. The van der Waals surface area contributed by atoms with Crippen molar-refractivity contribution in [1.29, 1.82) is 0 Å². The van der Waals surface area contributed by atoms with Crippen molar-refractivity contribution in [3.63, 3.8) is 0 Å². The summed E-state index contributed by atoms with van der Waals surface area (Å²) in [5, 5.41) is 11.2. The van der Waals surface area contributed by atoms with Gasteiger partial charge < -0.3 is 15.3 Å². The van der Waals surface area contributed by atoms with Gasteiger partial charge >= 0.3 is 12.0 Å². The van der Waals surface area contributed by atoms with Gasteiger partial charge in [-0.05, 0) is 27.2 Å². The van der Waals surface area contributed by atoms with Crippen LogP contribution in [0.25, 0.3) is 0 Å². The highest BCUT2D eigenvalue weighted by atomic mass is 16.4. The number of rotatable bonds is 4. The molecule has 0 aliphatic heterocycles. The van der Waals surface area contributed by atoms with Crippen LogP contribution >= 0.6 is 0 Å². The molecule has 5 nitrogen and oxygen atoms in total. The fourth-order valence-corrected chi connectivity index (χ4v) is 0.985. The van der Waals surface area contributed by atoms with Crippen LogP contribution in [0.15, 0.2) is 0 Å². The van der Waals surface area contributed by atoms with E-state index in [0.717, 1.165) is 0 Å². The van der Waals surface area contributed by atoms with E-state index < -0.39 is 5.97 Å². The number of aliphatic carboxylic acids is 1. The molecule has 0 aromatic rings. The number of urea groups is 1. The van der Waals surface area contributed by atoms with Crippen molar-refractivity contribution in [2.75, 3.05) is 13.6 Å². The van der Waals surface area contributed by atoms with Crippen LogP contribution in [0.1, 0.15) is 33.6 Å². The monoisotopic (exact) mass is 216 g/mol. The molecule has 5 heteroatoms. The molecule has 0 heterocycles. The van der Waals surface area contributed by atoms with Gasteiger partial charge in [0.2, 0.25) is 0 Å². The Balaban J connectivity index is 3.85. The summed E-state index contributed by atoms with van der Waals surface area (Å²) in [6.07, 6.45) is 0.566. The average Bonchev–Trinajstić information content (AvgIpc) is 1.99. The molecular weight excluding hydrogens is 196 g/mol. The Kier molecular flexibility index (Phi) is 5.11. The molecule has 0 aliphatic rings. The van der Waals surface area contributed by atoms with Crippen LogP contribution in [-0.2, 0) is 4.79 Å². The van der Waals surface area contributed by atoms with Crippen molar-refractivity contribution in [3.8, 4) is 0 Å². The van der Waals surface area contributed by atoms with Crippen molar-refractivity contribution < 1.29 is 14.7 Å². The number of carboxylic acid groups (broad SMARTS) is 1. The third kappa shape index (κ3) is 7.78. The van der Waals surface area contributed by atoms with Crippen molar-refractivity contribution in [2.24, 2.45) is 0 Å². The van der Waals surface area contributed by atoms with E-state index in [1.165, 1.54) is 4.90 Å². The Labute approximate surface area is 90.5 Å². The van der Waals surface area contributed by atoms with Gasteiger partial charge in [0.1, 0.15) is 0 Å². The first-order valence-corrected chi connectivity index (χ1v) is 4.97. The molecule has 0 rings (SSSR count). The summed E-state index contributed by atoms with van der Waals surface area (Å²) < 4.78 is 0. The maximum atomic E-state index is 11.5. The van der Waals surface area contributed by atoms with E-state index in [0.29, 0.717) is 13.0 Å². The fraction of sp³-hybridized carbons (Fsp3) is 0.800. The highest BCUT2D eigenvalue weighted by Gasteiger charge is 2.16. The lowest BCUT2D eigenvalue weighted by molar-refractivity contribution is -0.137. The molecule has 0 unspecified atom stereocenters. The molecule has 0 atom stereocenters. The Morgan fingerprint density at radius 2 is 1.87 bits per heavy atom. The average molecular weight is 216 g/mol. The second-order valence-electron chi connectivity index (χ2n) is 4.60. The number of carbonyl (C=O) groups is 2. The molecule has 15 heavy (non-hydrogen) atoms. The van der Waals surface area contributed by atoms with E-state index >= 15 is 0 Å². The zero-order chi connectivity index (χ0) is 12.1. The lowest BCUT2D eigenvalue weighted by atomic mass is 10.1. The lowest BCUT2D eigenvalue weighted by Gasteiger charge is -2.25. The van der Waals surface area contributed by atoms with Crippen LogP contribution in [0.3, 0.4) is 0 Å². The summed E-state index contributed by atoms with van der Waals surface area (Å²) in [6, 6.07) is -0.173. The van der Waals surface area contributed by atoms with Gasteiger partial charge in [-0.1, -0.05) is 0 Å². The van der Waals surface area contributed by atoms with Crippen LogP contribution in [-0.4, -0.2) is 41.1 Å². The molecule has 2 amide bonds. The largest absolute Gasteiger partial charge is 0.481 e. The van der Waals surface area contributed by atoms with Crippen molar-refractivity contribution in [2.45, 2.75) is 39.2 Å². The van der Waals surface area contributed by atoms with E-state index in [2.05, 4.69) is 5.32 Å². The smallest absolute Gasteiger partial charge is 0.317 e. The van der Waals surface area contributed by atoms with Crippen molar-refractivity contribution >= 4 is 12.0 Å². The Morgan fingerprint density at radius 3 is 2.27 bits per heavy atom. The molecule has 2 N–H and O–H groups in total. The lowest BCUT2D eigenvalue weighted by Crippen LogP contribution is -2.47. The first kappa shape index (κ1) is 13.7. The number of amides is 2. The first-order chi connectivity index (χ1) is 6.72. The predicted molar refractivity (Wildman–Crippen MR) is 57.8 cm³/mol. The van der Waals surface area contributed by atoms with Gasteiger partial charge in [0, 0.05) is 25.6 Å². The Morgan fingerprint density at radius 1 is 1.33 bits per heavy atom. The second kappa shape index (κ2) is 5.58. The summed E-state index contributed by atoms with van der Waals surface area (Å²) in [4.78, 5) is 23.3. The minimum absolute atomic E-state index is 0.0904. The second-order valence-corrected chi connectivity index (χ2v) is 4.60. The highest BCUT2D eigenvalue weighted by molar-refractivity contribution is 5.74. The summed E-state index contributed by atoms with van der Waals surface area (Å²) in [5.74, 6) is -0.834. The van der Waals surface area contributed by atoms with Gasteiger partial charge in [-0.3, -0.25) is 4.79 Å². The normalized spacial score (nSPS) is 10.9. The van der Waals surface area contributed by atoms with E-state index in [1.807, 2.05) is 20.8 Å². The number of carbonyl (C=O) groups excluding carboxylic acids is 1. The van der Waals surface area contributed by atoms with Crippen LogP contribution in [0.2, 0.25) is 0 Å². The predicted octanol–water partition coefficient (Wildman–Crippen LogP) is 1.29. The number of nitrogens with one attached hydrogen (secondary N) is 1. The maximum Gasteiger partial charge on any atom is 0.317 e. The van der Waals surface area contributed by atoms with Crippen LogP contribution in [0.5, 0.6) is 0 Å². The molecule has 0 saturated heterocycles. The number of hydrogen-bond donors (Lipinski definition) is 2. The molecule has 0 spiro atoms. The SMILES string of the molecule is CN(CCCC(=O)O)C(=O)NC(C)(C)C. The Bertz CT molecular complexity index is 233. The minimum Gasteiger partial charge on any atom is -0.481 e. The van der Waals surface area contributed by atoms with Gasteiger partial charge in [0.05, 0.1) is 0 Å². The van der Waals surface area contributed by atoms with Crippen molar-refractivity contribution in [1.82, 2.24) is 10.2 Å². The van der Waals surface area contributed by atoms with E-state index in [-0.39, 0.29) is 18.0 Å². The molecule has 0 aromatic heterocycles. The van der Waals surface area contributed by atoms with Gasteiger partial charge in [-0.2, -0.15) is 0 Å². The van der Waals surface area contributed by atoms with E-state index in [4.69, 9.17) is 5.11 Å². The highest BCUT2D eigenvalue weighted by Crippen LogP contribution is 2.01. The summed E-state index contributed by atoms with van der Waals surface area (Å²) >= 11 is 0. The molecular formula is C10H20N2O3. The first-order valence-electron chi connectivity index (χ1n) is 4.97. The third-order valence-electron chi connectivity index (χ3n) is 1.71. The molecule has 0 radical (unpaired) electrons. The third-order valence-corrected chi connectivity index (χ3v) is 1.71. The van der Waals surface area contributed by atoms with Gasteiger partial charge in [-0.15, -0.1) is 0 Å². The standard InChI is InChI=1S/C10H20N2O3/c1-10(2,3)11-9(15)12(4)7-5-6-8(13)14/h5-7H2,1-4H3,(H,11,15)(H,13,14). The zero-order valence-electron chi connectivity index (χ0n) is 9.83. The summed E-state index contributed by atoms with van der Waals surface area (Å²) in [7, 11) is 1.66. The summed E-state index contributed by atoms with van der Waals surface area (Å²) in [6.45, 7) is 6.15. The van der Waals surface area contributed by atoms with E-state index in [1.54, 1.807) is 7.05 Å². The molecule has 0 aromatic carbocycles. The van der Waals surface area contributed by atoms with Gasteiger partial charge in [0.25, 0.3) is 0 Å². The van der Waals surface area contributed by atoms with Gasteiger partial charge in [0.15, 0.2) is 0 Å². The minimum atomic E-state index is -0.834. The van der Waals surface area contributed by atoms with Crippen LogP contribution in [0.4, 0.5) is 4.79 Å².